The number of nitro groups is 1. The first kappa shape index (κ1) is 14.2. The minimum Gasteiger partial charge on any atom is -0.325 e. The van der Waals surface area contributed by atoms with Gasteiger partial charge in [-0.3, -0.25) is 14.9 Å². The van der Waals surface area contributed by atoms with Crippen molar-refractivity contribution in [2.75, 3.05) is 5.32 Å². The van der Waals surface area contributed by atoms with Gasteiger partial charge in [-0.1, -0.05) is 30.3 Å². The second-order valence-corrected chi connectivity index (χ2v) is 5.01. The molecule has 1 N–H and O–H groups in total. The average molecular weight is 335 g/mol. The molecule has 0 aliphatic carbocycles. The van der Waals surface area contributed by atoms with Gasteiger partial charge in [-0.25, -0.2) is 0 Å². The normalized spacial score (nSPS) is 10.1. The molecule has 2 aromatic rings. The topological polar surface area (TPSA) is 72.2 Å². The number of nitro benzene ring substituents is 1. The molecule has 0 atom stereocenters. The molecule has 0 radical (unpaired) electrons. The number of carbonyl (C=O) groups is 1. The first-order valence-corrected chi connectivity index (χ1v) is 6.59. The minimum absolute atomic E-state index is 0.0165. The fourth-order valence-electron chi connectivity index (χ4n) is 1.85. The average Bonchev–Trinajstić information content (AvgIpc) is 2.41. The first-order chi connectivity index (χ1) is 9.49. The van der Waals surface area contributed by atoms with E-state index in [0.29, 0.717) is 15.7 Å². The summed E-state index contributed by atoms with van der Waals surface area (Å²) in [5, 5.41) is 13.8. The molecule has 0 saturated carbocycles. The van der Waals surface area contributed by atoms with Gasteiger partial charge in [0.2, 0.25) is 5.91 Å². The van der Waals surface area contributed by atoms with Crippen molar-refractivity contribution in [2.24, 2.45) is 0 Å². The van der Waals surface area contributed by atoms with Gasteiger partial charge in [-0.15, -0.1) is 0 Å². The molecule has 5 nitrogen and oxygen atoms in total. The third kappa shape index (κ3) is 3.03. The summed E-state index contributed by atoms with van der Waals surface area (Å²) in [6.07, 6.45) is 0. The molecule has 2 aromatic carbocycles. The second kappa shape index (κ2) is 5.83. The van der Waals surface area contributed by atoms with Crippen molar-refractivity contribution >= 4 is 33.2 Å². The van der Waals surface area contributed by atoms with E-state index in [0.717, 1.165) is 5.56 Å². The summed E-state index contributed by atoms with van der Waals surface area (Å²) in [7, 11) is 0. The molecule has 2 rings (SSSR count). The number of hydrogen-bond donors (Lipinski definition) is 1. The molecule has 6 heteroatoms. The highest BCUT2D eigenvalue weighted by Crippen LogP contribution is 2.37. The highest BCUT2D eigenvalue weighted by Gasteiger charge is 2.18. The van der Waals surface area contributed by atoms with Gasteiger partial charge in [-0.05, 0) is 27.6 Å². The number of nitrogens with zero attached hydrogens (tertiary/aromatic N) is 1. The zero-order chi connectivity index (χ0) is 14.7. The number of anilines is 1. The fraction of sp³-hybridized carbons (Fsp3) is 0.0714. The summed E-state index contributed by atoms with van der Waals surface area (Å²) in [6.45, 7) is 1.38. The van der Waals surface area contributed by atoms with E-state index in [-0.39, 0.29) is 11.6 Å². The Morgan fingerprint density at radius 2 is 1.90 bits per heavy atom. The Bertz CT molecular complexity index is 672. The lowest BCUT2D eigenvalue weighted by atomic mass is 10.0. The summed E-state index contributed by atoms with van der Waals surface area (Å²) in [5.74, 6) is -0.237. The van der Waals surface area contributed by atoms with Crippen molar-refractivity contribution in [1.29, 1.82) is 0 Å². The number of amides is 1. The minimum atomic E-state index is -0.440. The summed E-state index contributed by atoms with van der Waals surface area (Å²) in [6, 6.07) is 12.0. The molecule has 0 bridgehead atoms. The summed E-state index contributed by atoms with van der Waals surface area (Å²) in [4.78, 5) is 21.9. The number of hydrogen-bond acceptors (Lipinski definition) is 3. The smallest absolute Gasteiger partial charge is 0.278 e. The SMILES string of the molecule is CC(=O)Nc1cc(-c2ccccc2)c([N+](=O)[O-])cc1Br. The number of halogens is 1. The summed E-state index contributed by atoms with van der Waals surface area (Å²) < 4.78 is 0.471. The van der Waals surface area contributed by atoms with Crippen LogP contribution in [0.25, 0.3) is 11.1 Å². The maximum atomic E-state index is 11.2. The van der Waals surface area contributed by atoms with Crippen LogP contribution in [0, 0.1) is 10.1 Å². The predicted octanol–water partition coefficient (Wildman–Crippen LogP) is 3.98. The van der Waals surface area contributed by atoms with Gasteiger partial charge < -0.3 is 5.32 Å². The van der Waals surface area contributed by atoms with E-state index >= 15 is 0 Å². The molecule has 0 fully saturated rings. The molecule has 0 aromatic heterocycles. The van der Waals surface area contributed by atoms with Crippen molar-refractivity contribution in [1.82, 2.24) is 0 Å². The molecule has 1 amide bonds. The van der Waals surface area contributed by atoms with E-state index in [1.54, 1.807) is 30.3 Å². The maximum absolute atomic E-state index is 11.2. The third-order valence-electron chi connectivity index (χ3n) is 2.68. The van der Waals surface area contributed by atoms with Crippen LogP contribution in [0.15, 0.2) is 46.9 Å². The van der Waals surface area contributed by atoms with E-state index in [1.165, 1.54) is 13.0 Å². The number of carbonyl (C=O) groups excluding carboxylic acids is 1. The Morgan fingerprint density at radius 1 is 1.25 bits per heavy atom. The lowest BCUT2D eigenvalue weighted by Crippen LogP contribution is -2.07. The van der Waals surface area contributed by atoms with Crippen molar-refractivity contribution in [3.63, 3.8) is 0 Å². The molecule has 102 valence electrons. The molecule has 0 aliphatic rings. The van der Waals surface area contributed by atoms with E-state index in [9.17, 15) is 14.9 Å². The molecular formula is C14H11BrN2O3. The Balaban J connectivity index is 2.63. The van der Waals surface area contributed by atoms with Crippen molar-refractivity contribution in [3.8, 4) is 11.1 Å². The van der Waals surface area contributed by atoms with Gasteiger partial charge in [0.05, 0.1) is 16.2 Å². The predicted molar refractivity (Wildman–Crippen MR) is 80.5 cm³/mol. The van der Waals surface area contributed by atoms with Gasteiger partial charge in [0.15, 0.2) is 0 Å². The number of rotatable bonds is 3. The number of nitrogens with one attached hydrogen (secondary N) is 1. The lowest BCUT2D eigenvalue weighted by molar-refractivity contribution is -0.384. The van der Waals surface area contributed by atoms with Crippen LogP contribution in [0.4, 0.5) is 11.4 Å². The highest BCUT2D eigenvalue weighted by atomic mass is 79.9. The van der Waals surface area contributed by atoms with E-state index in [1.807, 2.05) is 6.07 Å². The van der Waals surface area contributed by atoms with Gasteiger partial charge in [0.25, 0.3) is 5.69 Å². The third-order valence-corrected chi connectivity index (χ3v) is 3.33. The first-order valence-electron chi connectivity index (χ1n) is 5.80. The Kier molecular flexibility index (Phi) is 4.14. The van der Waals surface area contributed by atoms with Crippen LogP contribution < -0.4 is 5.32 Å². The van der Waals surface area contributed by atoms with Gasteiger partial charge in [0, 0.05) is 17.5 Å². The second-order valence-electron chi connectivity index (χ2n) is 4.15. The molecule has 0 spiro atoms. The van der Waals surface area contributed by atoms with E-state index < -0.39 is 4.92 Å². The molecule has 0 aliphatic heterocycles. The van der Waals surface area contributed by atoms with Crippen molar-refractivity contribution in [2.45, 2.75) is 6.92 Å². The zero-order valence-corrected chi connectivity index (χ0v) is 12.2. The van der Waals surface area contributed by atoms with Crippen LogP contribution in [0.3, 0.4) is 0 Å². The Labute approximate surface area is 123 Å². The van der Waals surface area contributed by atoms with Crippen LogP contribution in [0.5, 0.6) is 0 Å². The molecule has 20 heavy (non-hydrogen) atoms. The highest BCUT2D eigenvalue weighted by molar-refractivity contribution is 9.10. The van der Waals surface area contributed by atoms with E-state index in [4.69, 9.17) is 0 Å². The van der Waals surface area contributed by atoms with Gasteiger partial charge >= 0.3 is 0 Å². The Hall–Kier alpha value is -2.21. The number of benzene rings is 2. The molecule has 0 heterocycles. The van der Waals surface area contributed by atoms with Gasteiger partial charge in [-0.2, -0.15) is 0 Å². The van der Waals surface area contributed by atoms with Crippen LogP contribution in [-0.4, -0.2) is 10.8 Å². The van der Waals surface area contributed by atoms with Gasteiger partial charge in [0.1, 0.15) is 0 Å². The molecule has 0 unspecified atom stereocenters. The van der Waals surface area contributed by atoms with Crippen LogP contribution in [0.1, 0.15) is 6.92 Å². The fourth-order valence-corrected chi connectivity index (χ4v) is 2.28. The van der Waals surface area contributed by atoms with Crippen LogP contribution >= 0.6 is 15.9 Å². The molecular weight excluding hydrogens is 324 g/mol. The van der Waals surface area contributed by atoms with Crippen LogP contribution in [0.2, 0.25) is 0 Å². The zero-order valence-electron chi connectivity index (χ0n) is 10.6. The molecule has 0 saturated heterocycles. The monoisotopic (exact) mass is 334 g/mol. The van der Waals surface area contributed by atoms with E-state index in [2.05, 4.69) is 21.2 Å². The lowest BCUT2D eigenvalue weighted by Gasteiger charge is -2.09. The summed E-state index contributed by atoms with van der Waals surface area (Å²) >= 11 is 3.23. The maximum Gasteiger partial charge on any atom is 0.278 e. The summed E-state index contributed by atoms with van der Waals surface area (Å²) in [5.41, 5.74) is 1.67. The van der Waals surface area contributed by atoms with Crippen LogP contribution in [-0.2, 0) is 4.79 Å². The van der Waals surface area contributed by atoms with Crippen molar-refractivity contribution in [3.05, 3.63) is 57.1 Å². The largest absolute Gasteiger partial charge is 0.325 e. The van der Waals surface area contributed by atoms with Crippen molar-refractivity contribution < 1.29 is 9.72 Å². The Morgan fingerprint density at radius 3 is 2.45 bits per heavy atom. The quantitative estimate of drug-likeness (QED) is 0.681. The standard InChI is InChI=1S/C14H11BrN2O3/c1-9(18)16-13-7-11(10-5-3-2-4-6-10)14(17(19)20)8-12(13)15/h2-8H,1H3,(H,16,18).